The maximum atomic E-state index is 12.0. The first-order valence-electron chi connectivity index (χ1n) is 8.22. The number of amides is 1. The summed E-state index contributed by atoms with van der Waals surface area (Å²) in [6.45, 7) is 2.84. The van der Waals surface area contributed by atoms with Crippen LogP contribution in [0.5, 0.6) is 0 Å². The van der Waals surface area contributed by atoms with E-state index >= 15 is 0 Å². The van der Waals surface area contributed by atoms with Crippen molar-refractivity contribution < 1.29 is 4.79 Å². The number of carbonyl (C=O) groups excluding carboxylic acids is 1. The molecular weight excluding hydrogens is 354 g/mol. The highest BCUT2D eigenvalue weighted by molar-refractivity contribution is 7.18. The summed E-state index contributed by atoms with van der Waals surface area (Å²) in [5, 5.41) is 7.88. The standard InChI is InChI=1S/C19H20ClN3OS/c1-13(14-6-2-3-7-15(14)20)22-12-18(24)21-11-10-19-23-16-8-4-5-9-17(16)25-19/h2-9,13,22H,10-12H2,1H3,(H,21,24). The molecule has 0 bridgehead atoms. The number of fused-ring (bicyclic) bond motifs is 1. The number of para-hydroxylation sites is 1. The summed E-state index contributed by atoms with van der Waals surface area (Å²) in [5.41, 5.74) is 2.01. The Morgan fingerprint density at radius 2 is 1.96 bits per heavy atom. The molecule has 1 heterocycles. The molecule has 1 unspecified atom stereocenters. The highest BCUT2D eigenvalue weighted by atomic mass is 35.5. The monoisotopic (exact) mass is 373 g/mol. The minimum absolute atomic E-state index is 0.0173. The zero-order chi connectivity index (χ0) is 17.6. The van der Waals surface area contributed by atoms with Crippen LogP contribution in [0.1, 0.15) is 23.5 Å². The fourth-order valence-electron chi connectivity index (χ4n) is 2.58. The molecule has 0 aliphatic rings. The van der Waals surface area contributed by atoms with Crippen molar-refractivity contribution in [1.82, 2.24) is 15.6 Å². The van der Waals surface area contributed by atoms with Crippen molar-refractivity contribution in [3.05, 3.63) is 64.1 Å². The summed E-state index contributed by atoms with van der Waals surface area (Å²) in [4.78, 5) is 16.6. The molecule has 3 aromatic rings. The molecule has 2 N–H and O–H groups in total. The second-order valence-electron chi connectivity index (χ2n) is 5.80. The van der Waals surface area contributed by atoms with E-state index in [-0.39, 0.29) is 18.5 Å². The van der Waals surface area contributed by atoms with Crippen molar-refractivity contribution in [2.24, 2.45) is 0 Å². The average Bonchev–Trinajstić information content (AvgIpc) is 3.03. The number of hydrogen-bond donors (Lipinski definition) is 2. The van der Waals surface area contributed by atoms with Crippen molar-refractivity contribution in [2.75, 3.05) is 13.1 Å². The second-order valence-corrected chi connectivity index (χ2v) is 7.32. The Morgan fingerprint density at radius 3 is 2.76 bits per heavy atom. The van der Waals surface area contributed by atoms with Gasteiger partial charge in [0.2, 0.25) is 5.91 Å². The van der Waals surface area contributed by atoms with Crippen LogP contribution in [0.3, 0.4) is 0 Å². The molecule has 0 saturated carbocycles. The van der Waals surface area contributed by atoms with Gasteiger partial charge >= 0.3 is 0 Å². The lowest BCUT2D eigenvalue weighted by molar-refractivity contribution is -0.120. The molecule has 0 aliphatic heterocycles. The van der Waals surface area contributed by atoms with Crippen LogP contribution in [0.2, 0.25) is 5.02 Å². The van der Waals surface area contributed by atoms with Crippen molar-refractivity contribution >= 4 is 39.1 Å². The fourth-order valence-corrected chi connectivity index (χ4v) is 3.85. The molecular formula is C19H20ClN3OS. The predicted molar refractivity (Wildman–Crippen MR) is 104 cm³/mol. The number of aromatic nitrogens is 1. The van der Waals surface area contributed by atoms with Gasteiger partial charge in [-0.05, 0) is 30.7 Å². The number of nitrogens with zero attached hydrogens (tertiary/aromatic N) is 1. The molecule has 0 fully saturated rings. The van der Waals surface area contributed by atoms with Gasteiger partial charge in [-0.1, -0.05) is 41.9 Å². The minimum atomic E-state index is -0.0278. The largest absolute Gasteiger partial charge is 0.355 e. The van der Waals surface area contributed by atoms with E-state index in [1.807, 2.05) is 49.4 Å². The molecule has 4 nitrogen and oxygen atoms in total. The van der Waals surface area contributed by atoms with Gasteiger partial charge in [0, 0.05) is 24.0 Å². The quantitative estimate of drug-likeness (QED) is 0.659. The Morgan fingerprint density at radius 1 is 1.20 bits per heavy atom. The zero-order valence-corrected chi connectivity index (χ0v) is 15.5. The summed E-state index contributed by atoms with van der Waals surface area (Å²) in [6, 6.07) is 15.7. The molecule has 130 valence electrons. The van der Waals surface area contributed by atoms with E-state index < -0.39 is 0 Å². The smallest absolute Gasteiger partial charge is 0.233 e. The van der Waals surface area contributed by atoms with Gasteiger partial charge in [0.05, 0.1) is 21.8 Å². The Kier molecular flexibility index (Phi) is 6.02. The molecule has 6 heteroatoms. The number of benzene rings is 2. The second kappa shape index (κ2) is 8.43. The topological polar surface area (TPSA) is 54.0 Å². The van der Waals surface area contributed by atoms with Gasteiger partial charge in [-0.15, -0.1) is 11.3 Å². The average molecular weight is 374 g/mol. The molecule has 1 amide bonds. The van der Waals surface area contributed by atoms with Gasteiger partial charge in [0.25, 0.3) is 0 Å². The molecule has 3 rings (SSSR count). The van der Waals surface area contributed by atoms with Crippen LogP contribution in [0.15, 0.2) is 48.5 Å². The Bertz CT molecular complexity index is 832. The molecule has 1 aromatic heterocycles. The lowest BCUT2D eigenvalue weighted by atomic mass is 10.1. The van der Waals surface area contributed by atoms with Crippen molar-refractivity contribution in [3.63, 3.8) is 0 Å². The molecule has 2 aromatic carbocycles. The summed E-state index contributed by atoms with van der Waals surface area (Å²) in [5.74, 6) is -0.0278. The van der Waals surface area contributed by atoms with E-state index in [1.54, 1.807) is 11.3 Å². The SMILES string of the molecule is CC(NCC(=O)NCCc1nc2ccccc2s1)c1ccccc1Cl. The van der Waals surface area contributed by atoms with Crippen LogP contribution in [-0.2, 0) is 11.2 Å². The van der Waals surface area contributed by atoms with E-state index in [0.29, 0.717) is 11.6 Å². The van der Waals surface area contributed by atoms with Crippen LogP contribution < -0.4 is 10.6 Å². The fraction of sp³-hybridized carbons (Fsp3) is 0.263. The third-order valence-electron chi connectivity index (χ3n) is 3.94. The number of carbonyl (C=O) groups is 1. The van der Waals surface area contributed by atoms with Gasteiger partial charge in [-0.25, -0.2) is 4.98 Å². The van der Waals surface area contributed by atoms with E-state index in [0.717, 1.165) is 22.5 Å². The third-order valence-corrected chi connectivity index (χ3v) is 5.38. The first-order chi connectivity index (χ1) is 12.1. The van der Waals surface area contributed by atoms with Gasteiger partial charge in [0.1, 0.15) is 0 Å². The van der Waals surface area contributed by atoms with Gasteiger partial charge in [-0.3, -0.25) is 4.79 Å². The summed E-state index contributed by atoms with van der Waals surface area (Å²) < 4.78 is 1.18. The molecule has 0 radical (unpaired) electrons. The Hall–Kier alpha value is -1.95. The van der Waals surface area contributed by atoms with Crippen LogP contribution in [0.4, 0.5) is 0 Å². The van der Waals surface area contributed by atoms with E-state index in [1.165, 1.54) is 4.70 Å². The summed E-state index contributed by atoms with van der Waals surface area (Å²) >= 11 is 7.85. The van der Waals surface area contributed by atoms with Gasteiger partial charge in [-0.2, -0.15) is 0 Å². The third kappa shape index (κ3) is 4.78. The number of hydrogen-bond acceptors (Lipinski definition) is 4. The number of thiazole rings is 1. The number of rotatable bonds is 7. The molecule has 1 atom stereocenters. The highest BCUT2D eigenvalue weighted by Gasteiger charge is 2.10. The Balaban J connectivity index is 1.43. The van der Waals surface area contributed by atoms with Crippen LogP contribution in [0, 0.1) is 0 Å². The number of nitrogens with one attached hydrogen (secondary N) is 2. The molecule has 0 aliphatic carbocycles. The summed E-state index contributed by atoms with van der Waals surface area (Å²) in [6.07, 6.45) is 0.741. The molecule has 0 spiro atoms. The highest BCUT2D eigenvalue weighted by Crippen LogP contribution is 2.22. The van der Waals surface area contributed by atoms with Gasteiger partial charge < -0.3 is 10.6 Å². The first kappa shape index (κ1) is 17.9. The maximum absolute atomic E-state index is 12.0. The zero-order valence-electron chi connectivity index (χ0n) is 14.0. The Labute approximate surface area is 156 Å². The van der Waals surface area contributed by atoms with E-state index in [4.69, 9.17) is 11.6 Å². The van der Waals surface area contributed by atoms with Crippen LogP contribution in [0.25, 0.3) is 10.2 Å². The predicted octanol–water partition coefficient (Wildman–Crippen LogP) is 3.96. The first-order valence-corrected chi connectivity index (χ1v) is 9.42. The van der Waals surface area contributed by atoms with E-state index in [2.05, 4.69) is 21.7 Å². The van der Waals surface area contributed by atoms with Crippen LogP contribution >= 0.6 is 22.9 Å². The maximum Gasteiger partial charge on any atom is 0.233 e. The van der Waals surface area contributed by atoms with Crippen molar-refractivity contribution in [3.8, 4) is 0 Å². The van der Waals surface area contributed by atoms with Crippen LogP contribution in [-0.4, -0.2) is 24.0 Å². The minimum Gasteiger partial charge on any atom is -0.355 e. The lowest BCUT2D eigenvalue weighted by Gasteiger charge is -2.15. The van der Waals surface area contributed by atoms with Crippen molar-refractivity contribution in [1.29, 1.82) is 0 Å². The van der Waals surface area contributed by atoms with Gasteiger partial charge in [0.15, 0.2) is 0 Å². The lowest BCUT2D eigenvalue weighted by Crippen LogP contribution is -2.36. The molecule has 25 heavy (non-hydrogen) atoms. The van der Waals surface area contributed by atoms with E-state index in [9.17, 15) is 4.79 Å². The number of halogens is 1. The van der Waals surface area contributed by atoms with Crippen molar-refractivity contribution in [2.45, 2.75) is 19.4 Å². The molecule has 0 saturated heterocycles. The summed E-state index contributed by atoms with van der Waals surface area (Å²) in [7, 11) is 0. The normalized spacial score (nSPS) is 12.2.